The molecule has 8 N–H and O–H groups in total. The van der Waals surface area contributed by atoms with Crippen molar-refractivity contribution < 1.29 is 54.1 Å². The van der Waals surface area contributed by atoms with Crippen molar-refractivity contribution in [1.82, 2.24) is 20.8 Å². The van der Waals surface area contributed by atoms with E-state index in [1.165, 1.54) is 0 Å². The average Bonchev–Trinajstić information content (AvgIpc) is 3.52. The number of benzene rings is 2. The zero-order chi connectivity index (χ0) is 33.3. The molecule has 1 aliphatic heterocycles. The van der Waals surface area contributed by atoms with Crippen molar-refractivity contribution in [2.45, 2.75) is 62.1 Å². The van der Waals surface area contributed by atoms with Gasteiger partial charge in [-0.15, -0.1) is 12.3 Å². The van der Waals surface area contributed by atoms with Gasteiger partial charge in [0.15, 0.2) is 0 Å². The van der Waals surface area contributed by atoms with Gasteiger partial charge in [0.1, 0.15) is 24.6 Å². The van der Waals surface area contributed by atoms with Crippen LogP contribution in [-0.4, -0.2) is 110 Å². The molecule has 15 heteroatoms. The molecule has 6 atom stereocenters. The van der Waals surface area contributed by atoms with Gasteiger partial charge in [0.2, 0.25) is 11.8 Å². The van der Waals surface area contributed by atoms with Crippen LogP contribution in [-0.2, 0) is 36.9 Å². The SMILES string of the molecule is C#CCCOc1ccc(CO[C@]2(C(=O)O)C[C@H](O)[C@@H](NC(=O)CO)[C@H]([C@H](O)[C@H](O)CNC(=O)Cc3ccc4cn[nH]c4c3)O2)cc1. The lowest BCUT2D eigenvalue weighted by molar-refractivity contribution is -0.314. The number of aromatic amines is 1. The number of carbonyl (C=O) groups excluding carboxylic acids is 2. The second-order valence-electron chi connectivity index (χ2n) is 10.7. The predicted molar refractivity (Wildman–Crippen MR) is 160 cm³/mol. The molecule has 246 valence electrons. The summed E-state index contributed by atoms with van der Waals surface area (Å²) >= 11 is 0. The Balaban J connectivity index is 1.44. The zero-order valence-corrected chi connectivity index (χ0v) is 24.7. The fourth-order valence-corrected chi connectivity index (χ4v) is 4.96. The molecule has 4 rings (SSSR count). The van der Waals surface area contributed by atoms with Gasteiger partial charge in [-0.1, -0.05) is 24.3 Å². The van der Waals surface area contributed by atoms with E-state index in [-0.39, 0.29) is 13.0 Å². The van der Waals surface area contributed by atoms with Crippen LogP contribution in [0.25, 0.3) is 10.9 Å². The molecule has 0 radical (unpaired) electrons. The summed E-state index contributed by atoms with van der Waals surface area (Å²) in [6, 6.07) is 10.3. The number of carbonyl (C=O) groups is 3. The quantitative estimate of drug-likeness (QED) is 0.0736. The summed E-state index contributed by atoms with van der Waals surface area (Å²) in [6.07, 6.45) is -0.555. The van der Waals surface area contributed by atoms with Gasteiger partial charge in [0.05, 0.1) is 49.6 Å². The number of ether oxygens (including phenoxy) is 3. The van der Waals surface area contributed by atoms with Gasteiger partial charge >= 0.3 is 5.97 Å². The number of carboxylic acid groups (broad SMARTS) is 1. The number of aliphatic hydroxyl groups excluding tert-OH is 4. The summed E-state index contributed by atoms with van der Waals surface area (Å²) in [6.45, 7) is -1.45. The van der Waals surface area contributed by atoms with Crippen molar-refractivity contribution >= 4 is 28.7 Å². The van der Waals surface area contributed by atoms with E-state index in [1.807, 2.05) is 0 Å². The number of nitrogens with one attached hydrogen (secondary N) is 3. The highest BCUT2D eigenvalue weighted by Crippen LogP contribution is 2.34. The number of fused-ring (bicyclic) bond motifs is 1. The molecule has 0 bridgehead atoms. The molecule has 1 aliphatic rings. The molecule has 46 heavy (non-hydrogen) atoms. The molecule has 3 aromatic rings. The minimum Gasteiger partial charge on any atom is -0.493 e. The van der Waals surface area contributed by atoms with E-state index >= 15 is 0 Å². The fourth-order valence-electron chi connectivity index (χ4n) is 4.96. The van der Waals surface area contributed by atoms with E-state index in [0.717, 1.165) is 10.9 Å². The standard InChI is InChI=1S/C31H36N4O11/c1-2-3-10-44-21-8-5-18(6-9-21)17-45-31(30(42)43)13-23(37)27(34-26(40)16-36)29(46-31)28(41)24(38)15-32-25(39)12-19-4-7-20-14-33-35-22(20)11-19/h1,4-9,11,14,23-24,27-29,36-38,41H,3,10,12-13,15-17H2,(H,32,39)(H,33,35)(H,34,40)(H,42,43)/t23-,24+,27+,28+,29+,31+/m0/s1. The van der Waals surface area contributed by atoms with Crippen molar-refractivity contribution in [3.63, 3.8) is 0 Å². The first-order chi connectivity index (χ1) is 22.0. The van der Waals surface area contributed by atoms with Crippen molar-refractivity contribution in [2.24, 2.45) is 0 Å². The maximum Gasteiger partial charge on any atom is 0.364 e. The third-order valence-corrected chi connectivity index (χ3v) is 7.39. The van der Waals surface area contributed by atoms with E-state index in [4.69, 9.17) is 20.6 Å². The van der Waals surface area contributed by atoms with Crippen LogP contribution in [0.2, 0.25) is 0 Å². The van der Waals surface area contributed by atoms with Crippen LogP contribution >= 0.6 is 0 Å². The number of hydrogen-bond donors (Lipinski definition) is 8. The van der Waals surface area contributed by atoms with Crippen LogP contribution in [0.4, 0.5) is 0 Å². The highest BCUT2D eigenvalue weighted by molar-refractivity contribution is 5.82. The molecule has 1 aromatic heterocycles. The lowest BCUT2D eigenvalue weighted by atomic mass is 9.88. The smallest absolute Gasteiger partial charge is 0.364 e. The Morgan fingerprint density at radius 2 is 1.89 bits per heavy atom. The van der Waals surface area contributed by atoms with Gasteiger partial charge in [-0.3, -0.25) is 14.7 Å². The van der Waals surface area contributed by atoms with Gasteiger partial charge < -0.3 is 50.4 Å². The number of aliphatic carboxylic acids is 1. The van der Waals surface area contributed by atoms with Crippen LogP contribution in [0.1, 0.15) is 24.0 Å². The van der Waals surface area contributed by atoms with Gasteiger partial charge in [0.25, 0.3) is 5.79 Å². The van der Waals surface area contributed by atoms with E-state index < -0.39 is 73.6 Å². The average molecular weight is 641 g/mol. The first-order valence-corrected chi connectivity index (χ1v) is 14.4. The van der Waals surface area contributed by atoms with Crippen LogP contribution in [0.3, 0.4) is 0 Å². The molecule has 0 aliphatic carbocycles. The second kappa shape index (κ2) is 15.6. The van der Waals surface area contributed by atoms with Gasteiger partial charge in [-0.2, -0.15) is 5.10 Å². The summed E-state index contributed by atoms with van der Waals surface area (Å²) in [5.74, 6) is -2.60. The molecule has 0 spiro atoms. The molecular formula is C31H36N4O11. The molecular weight excluding hydrogens is 604 g/mol. The zero-order valence-electron chi connectivity index (χ0n) is 24.7. The molecule has 2 amide bonds. The Hall–Kier alpha value is -4.56. The number of aliphatic hydroxyl groups is 4. The molecule has 1 saturated heterocycles. The second-order valence-corrected chi connectivity index (χ2v) is 10.7. The molecule has 1 fully saturated rings. The minimum absolute atomic E-state index is 0.0560. The first-order valence-electron chi connectivity index (χ1n) is 14.4. The summed E-state index contributed by atoms with van der Waals surface area (Å²) < 4.78 is 16.9. The number of carboxylic acids is 1. The van der Waals surface area contributed by atoms with Gasteiger partial charge in [-0.05, 0) is 29.3 Å². The van der Waals surface area contributed by atoms with Crippen LogP contribution in [0.5, 0.6) is 5.75 Å². The number of aromatic nitrogens is 2. The van der Waals surface area contributed by atoms with Crippen molar-refractivity contribution in [3.8, 4) is 18.1 Å². The first kappa shape index (κ1) is 34.3. The largest absolute Gasteiger partial charge is 0.493 e. The lowest BCUT2D eigenvalue weighted by Crippen LogP contribution is -2.68. The van der Waals surface area contributed by atoms with Gasteiger partial charge in [0, 0.05) is 24.8 Å². The highest BCUT2D eigenvalue weighted by Gasteiger charge is 2.55. The number of amides is 2. The third-order valence-electron chi connectivity index (χ3n) is 7.39. The van der Waals surface area contributed by atoms with Crippen LogP contribution in [0.15, 0.2) is 48.7 Å². The molecule has 2 heterocycles. The predicted octanol–water partition coefficient (Wildman–Crippen LogP) is -1.03. The van der Waals surface area contributed by atoms with Crippen molar-refractivity contribution in [2.75, 3.05) is 19.8 Å². The summed E-state index contributed by atoms with van der Waals surface area (Å²) in [5, 5.41) is 64.6. The maximum absolute atomic E-state index is 12.6. The number of terminal acetylenes is 1. The van der Waals surface area contributed by atoms with Crippen LogP contribution < -0.4 is 15.4 Å². The normalized spacial score (nSPS) is 22.4. The summed E-state index contributed by atoms with van der Waals surface area (Å²) in [7, 11) is 0. The molecule has 2 aromatic carbocycles. The topological polar surface area (TPSA) is 233 Å². The third kappa shape index (κ3) is 8.57. The molecule has 0 saturated carbocycles. The maximum atomic E-state index is 12.6. The van der Waals surface area contributed by atoms with E-state index in [9.17, 15) is 39.9 Å². The summed E-state index contributed by atoms with van der Waals surface area (Å²) in [5.41, 5.74) is 1.91. The Morgan fingerprint density at radius 3 is 2.59 bits per heavy atom. The Morgan fingerprint density at radius 1 is 1.15 bits per heavy atom. The molecule has 15 nitrogen and oxygen atoms in total. The fraction of sp³-hybridized carbons (Fsp3) is 0.419. The number of rotatable bonds is 15. The Labute approximate surface area is 263 Å². The lowest BCUT2D eigenvalue weighted by Gasteiger charge is -2.46. The Bertz CT molecular complexity index is 1540. The van der Waals surface area contributed by atoms with Gasteiger partial charge in [-0.25, -0.2) is 4.79 Å². The van der Waals surface area contributed by atoms with Crippen molar-refractivity contribution in [3.05, 3.63) is 59.8 Å². The monoisotopic (exact) mass is 640 g/mol. The highest BCUT2D eigenvalue weighted by atomic mass is 16.7. The number of nitrogens with zero attached hydrogens (tertiary/aromatic N) is 1. The number of H-pyrrole nitrogens is 1. The molecule has 0 unspecified atom stereocenters. The Kier molecular flexibility index (Phi) is 11.7. The van der Waals surface area contributed by atoms with Crippen molar-refractivity contribution in [1.29, 1.82) is 0 Å². The van der Waals surface area contributed by atoms with E-state index in [2.05, 4.69) is 26.8 Å². The summed E-state index contributed by atoms with van der Waals surface area (Å²) in [4.78, 5) is 37.1. The van der Waals surface area contributed by atoms with E-state index in [1.54, 1.807) is 48.7 Å². The van der Waals surface area contributed by atoms with Crippen LogP contribution in [0, 0.1) is 12.3 Å². The van der Waals surface area contributed by atoms with E-state index in [0.29, 0.717) is 29.9 Å². The number of hydrogen-bond acceptors (Lipinski definition) is 11. The minimum atomic E-state index is -2.51.